The van der Waals surface area contributed by atoms with Crippen molar-refractivity contribution in [2.24, 2.45) is 0 Å². The Balaban J connectivity index is 1.88. The van der Waals surface area contributed by atoms with Crippen LogP contribution in [0.1, 0.15) is 16.7 Å². The van der Waals surface area contributed by atoms with Gasteiger partial charge in [0.25, 0.3) is 0 Å². The third kappa shape index (κ3) is 3.56. The Labute approximate surface area is 157 Å². The molecule has 6 nitrogen and oxygen atoms in total. The van der Waals surface area contributed by atoms with Gasteiger partial charge < -0.3 is 23.4 Å². The summed E-state index contributed by atoms with van der Waals surface area (Å²) >= 11 is 0. The summed E-state index contributed by atoms with van der Waals surface area (Å²) in [7, 11) is 4.69. The lowest BCUT2D eigenvalue weighted by Crippen LogP contribution is -2.05. The minimum Gasteiger partial charge on any atom is -0.493 e. The van der Waals surface area contributed by atoms with E-state index in [1.807, 2.05) is 31.2 Å². The number of ether oxygens (including phenoxy) is 4. The smallest absolute Gasteiger partial charge is 0.339 e. The monoisotopic (exact) mass is 370 g/mol. The zero-order chi connectivity index (χ0) is 19.6. The van der Waals surface area contributed by atoms with E-state index in [2.05, 4.69) is 0 Å². The van der Waals surface area contributed by atoms with Crippen LogP contribution in [0.4, 0.5) is 0 Å². The lowest BCUT2D eigenvalue weighted by Gasteiger charge is -2.14. The third-order valence-corrected chi connectivity index (χ3v) is 4.56. The van der Waals surface area contributed by atoms with Gasteiger partial charge in [0.2, 0.25) is 5.75 Å². The number of aryl methyl sites for hydroxylation is 1. The average Bonchev–Trinajstić information content (AvgIpc) is 2.69. The Morgan fingerprint density at radius 3 is 2.15 bits per heavy atom. The minimum atomic E-state index is -0.332. The maximum Gasteiger partial charge on any atom is 0.339 e. The van der Waals surface area contributed by atoms with Crippen molar-refractivity contribution in [1.82, 2.24) is 0 Å². The van der Waals surface area contributed by atoms with Gasteiger partial charge in [-0.05, 0) is 49.2 Å². The fourth-order valence-electron chi connectivity index (χ4n) is 2.90. The van der Waals surface area contributed by atoms with Gasteiger partial charge in [-0.2, -0.15) is 0 Å². The highest BCUT2D eigenvalue weighted by Crippen LogP contribution is 2.38. The fourth-order valence-corrected chi connectivity index (χ4v) is 2.90. The SMILES string of the molecule is COc1cc(COc2ccc3c(C)c(C)c(=O)oc3c2)cc(OC)c1OC. The molecule has 0 aliphatic rings. The van der Waals surface area contributed by atoms with Crippen molar-refractivity contribution in [3.05, 3.63) is 57.4 Å². The van der Waals surface area contributed by atoms with E-state index in [1.54, 1.807) is 34.3 Å². The number of hydrogen-bond donors (Lipinski definition) is 0. The first-order valence-electron chi connectivity index (χ1n) is 8.44. The lowest BCUT2D eigenvalue weighted by molar-refractivity contribution is 0.298. The molecular weight excluding hydrogens is 348 g/mol. The molecule has 0 fully saturated rings. The maximum absolute atomic E-state index is 11.9. The topological polar surface area (TPSA) is 67.1 Å². The summed E-state index contributed by atoms with van der Waals surface area (Å²) in [4.78, 5) is 11.9. The zero-order valence-corrected chi connectivity index (χ0v) is 16.0. The van der Waals surface area contributed by atoms with Gasteiger partial charge in [-0.1, -0.05) is 0 Å². The number of hydrogen-bond acceptors (Lipinski definition) is 6. The number of benzene rings is 2. The van der Waals surface area contributed by atoms with E-state index in [-0.39, 0.29) is 12.2 Å². The van der Waals surface area contributed by atoms with Crippen LogP contribution in [0.2, 0.25) is 0 Å². The van der Waals surface area contributed by atoms with Gasteiger partial charge in [0.1, 0.15) is 17.9 Å². The van der Waals surface area contributed by atoms with Crippen LogP contribution in [0.3, 0.4) is 0 Å². The molecule has 0 aliphatic heterocycles. The Hall–Kier alpha value is -3.15. The van der Waals surface area contributed by atoms with Crippen molar-refractivity contribution in [2.45, 2.75) is 20.5 Å². The highest BCUT2D eigenvalue weighted by molar-refractivity contribution is 5.82. The molecule has 0 bridgehead atoms. The molecule has 3 aromatic rings. The zero-order valence-electron chi connectivity index (χ0n) is 16.0. The highest BCUT2D eigenvalue weighted by atomic mass is 16.5. The predicted octanol–water partition coefficient (Wildman–Crippen LogP) is 4.01. The van der Waals surface area contributed by atoms with Gasteiger partial charge in [0.15, 0.2) is 11.5 Å². The molecule has 0 spiro atoms. The summed E-state index contributed by atoms with van der Waals surface area (Å²) in [6, 6.07) is 9.13. The molecule has 2 aromatic carbocycles. The van der Waals surface area contributed by atoms with E-state index < -0.39 is 0 Å². The van der Waals surface area contributed by atoms with Crippen LogP contribution in [0, 0.1) is 13.8 Å². The molecule has 0 N–H and O–H groups in total. The van der Waals surface area contributed by atoms with E-state index in [0.717, 1.165) is 16.5 Å². The van der Waals surface area contributed by atoms with Crippen molar-refractivity contribution < 1.29 is 23.4 Å². The molecule has 1 heterocycles. The minimum absolute atomic E-state index is 0.289. The second-order valence-electron chi connectivity index (χ2n) is 6.12. The Morgan fingerprint density at radius 2 is 1.56 bits per heavy atom. The molecule has 0 radical (unpaired) electrons. The van der Waals surface area contributed by atoms with Crippen LogP contribution in [-0.4, -0.2) is 21.3 Å². The predicted molar refractivity (Wildman–Crippen MR) is 102 cm³/mol. The second kappa shape index (κ2) is 7.61. The van der Waals surface area contributed by atoms with Crippen molar-refractivity contribution in [3.8, 4) is 23.0 Å². The summed E-state index contributed by atoms with van der Waals surface area (Å²) in [5.41, 5.74) is 2.56. The maximum atomic E-state index is 11.9. The van der Waals surface area contributed by atoms with Crippen molar-refractivity contribution in [1.29, 1.82) is 0 Å². The molecule has 0 unspecified atom stereocenters. The Morgan fingerprint density at radius 1 is 0.889 bits per heavy atom. The molecule has 1 aromatic heterocycles. The molecule has 0 aliphatic carbocycles. The summed E-state index contributed by atoms with van der Waals surface area (Å²) in [5, 5.41) is 0.896. The largest absolute Gasteiger partial charge is 0.493 e. The molecule has 27 heavy (non-hydrogen) atoms. The van der Waals surface area contributed by atoms with Gasteiger partial charge in [0, 0.05) is 17.0 Å². The molecule has 0 amide bonds. The molecule has 0 saturated carbocycles. The highest BCUT2D eigenvalue weighted by Gasteiger charge is 2.14. The fraction of sp³-hybridized carbons (Fsp3) is 0.286. The third-order valence-electron chi connectivity index (χ3n) is 4.56. The van der Waals surface area contributed by atoms with E-state index in [4.69, 9.17) is 23.4 Å². The first kappa shape index (κ1) is 18.6. The summed E-state index contributed by atoms with van der Waals surface area (Å²) < 4.78 is 27.3. The molecule has 0 saturated heterocycles. The van der Waals surface area contributed by atoms with Crippen LogP contribution in [0.5, 0.6) is 23.0 Å². The van der Waals surface area contributed by atoms with Crippen LogP contribution in [-0.2, 0) is 6.61 Å². The van der Waals surface area contributed by atoms with E-state index in [9.17, 15) is 4.79 Å². The first-order valence-corrected chi connectivity index (χ1v) is 8.44. The van der Waals surface area contributed by atoms with Gasteiger partial charge in [0.05, 0.1) is 21.3 Å². The van der Waals surface area contributed by atoms with E-state index in [0.29, 0.717) is 34.1 Å². The first-order chi connectivity index (χ1) is 13.0. The molecule has 0 atom stereocenters. The average molecular weight is 370 g/mol. The van der Waals surface area contributed by atoms with Crippen LogP contribution in [0.15, 0.2) is 39.5 Å². The standard InChI is InChI=1S/C21H22O6/c1-12-13(2)21(22)27-17-10-15(6-7-16(12)17)26-11-14-8-18(23-3)20(25-5)19(9-14)24-4/h6-10H,11H2,1-5H3. The molecular formula is C21H22O6. The second-order valence-corrected chi connectivity index (χ2v) is 6.12. The van der Waals surface area contributed by atoms with E-state index >= 15 is 0 Å². The van der Waals surface area contributed by atoms with Crippen molar-refractivity contribution >= 4 is 11.0 Å². The quantitative estimate of drug-likeness (QED) is 0.611. The van der Waals surface area contributed by atoms with Crippen LogP contribution in [0.25, 0.3) is 11.0 Å². The molecule has 142 valence electrons. The van der Waals surface area contributed by atoms with Crippen molar-refractivity contribution in [3.63, 3.8) is 0 Å². The normalized spacial score (nSPS) is 10.7. The number of fused-ring (bicyclic) bond motifs is 1. The van der Waals surface area contributed by atoms with Crippen LogP contribution >= 0.6 is 0 Å². The Kier molecular flexibility index (Phi) is 5.26. The Bertz CT molecular complexity index is 1010. The van der Waals surface area contributed by atoms with Gasteiger partial charge >= 0.3 is 5.63 Å². The van der Waals surface area contributed by atoms with Gasteiger partial charge in [-0.25, -0.2) is 4.79 Å². The molecule has 3 rings (SSSR count). The van der Waals surface area contributed by atoms with E-state index in [1.165, 1.54) is 0 Å². The van der Waals surface area contributed by atoms with Gasteiger partial charge in [-0.15, -0.1) is 0 Å². The number of rotatable bonds is 6. The molecule has 6 heteroatoms. The summed E-state index contributed by atoms with van der Waals surface area (Å²) in [6.07, 6.45) is 0. The van der Waals surface area contributed by atoms with Gasteiger partial charge in [-0.3, -0.25) is 0 Å². The number of methoxy groups -OCH3 is 3. The summed E-state index contributed by atoms with van der Waals surface area (Å²) in [6.45, 7) is 3.96. The lowest BCUT2D eigenvalue weighted by atomic mass is 10.1. The van der Waals surface area contributed by atoms with Crippen molar-refractivity contribution in [2.75, 3.05) is 21.3 Å². The van der Waals surface area contributed by atoms with Crippen LogP contribution < -0.4 is 24.6 Å². The summed E-state index contributed by atoms with van der Waals surface area (Å²) in [5.74, 6) is 2.25.